The first-order valence-electron chi connectivity index (χ1n) is 8.12. The molecule has 25 heavy (non-hydrogen) atoms. The zero-order valence-corrected chi connectivity index (χ0v) is 14.0. The van der Waals surface area contributed by atoms with Gasteiger partial charge in [0, 0.05) is 12.1 Å². The van der Waals surface area contributed by atoms with Gasteiger partial charge in [0.15, 0.2) is 11.5 Å². The van der Waals surface area contributed by atoms with Crippen LogP contribution >= 0.6 is 0 Å². The number of pyridine rings is 1. The molecule has 2 aromatic heterocycles. The second-order valence-electron chi connectivity index (χ2n) is 5.83. The predicted molar refractivity (Wildman–Crippen MR) is 90.7 cm³/mol. The summed E-state index contributed by atoms with van der Waals surface area (Å²) in [6.07, 6.45) is 0.859. The summed E-state index contributed by atoms with van der Waals surface area (Å²) in [4.78, 5) is 17.1. The Morgan fingerprint density at radius 3 is 2.92 bits per heavy atom. The lowest BCUT2D eigenvalue weighted by molar-refractivity contribution is 0.0955. The summed E-state index contributed by atoms with van der Waals surface area (Å²) in [5.74, 6) is 1.19. The Morgan fingerprint density at radius 2 is 2.08 bits per heavy atom. The van der Waals surface area contributed by atoms with E-state index >= 15 is 0 Å². The Hall–Kier alpha value is -3.09. The van der Waals surface area contributed by atoms with Crippen molar-refractivity contribution in [1.82, 2.24) is 15.5 Å². The van der Waals surface area contributed by atoms with Crippen molar-refractivity contribution in [2.45, 2.75) is 20.3 Å². The van der Waals surface area contributed by atoms with Crippen LogP contribution in [-0.4, -0.2) is 29.4 Å². The third kappa shape index (κ3) is 2.67. The second kappa shape index (κ2) is 6.08. The highest BCUT2D eigenvalue weighted by Crippen LogP contribution is 2.36. The Kier molecular flexibility index (Phi) is 3.76. The number of nitrogens with zero attached hydrogens (tertiary/aromatic N) is 2. The molecule has 0 spiro atoms. The smallest absolute Gasteiger partial charge is 0.259 e. The monoisotopic (exact) mass is 339 g/mol. The molecule has 1 amide bonds. The molecule has 0 aliphatic carbocycles. The Balaban J connectivity index is 1.83. The molecule has 3 aromatic rings. The molecule has 1 aromatic carbocycles. The van der Waals surface area contributed by atoms with Crippen LogP contribution in [0.3, 0.4) is 0 Å². The summed E-state index contributed by atoms with van der Waals surface area (Å²) in [5, 5.41) is 7.48. The molecule has 0 fully saturated rings. The van der Waals surface area contributed by atoms with Crippen LogP contribution in [0.2, 0.25) is 0 Å². The van der Waals surface area contributed by atoms with Crippen molar-refractivity contribution in [2.75, 3.05) is 13.3 Å². The van der Waals surface area contributed by atoms with E-state index in [1.165, 1.54) is 0 Å². The molecule has 0 saturated carbocycles. The standard InChI is InChI=1S/C18H17N3O4/c1-3-6-19-17(22)12-8-13(20-18-16(12)10(2)21-25-18)11-4-5-14-15(7-11)24-9-23-14/h4-5,7-8H,3,6,9H2,1-2H3,(H,19,22). The van der Waals surface area contributed by atoms with E-state index in [4.69, 9.17) is 14.0 Å². The minimum absolute atomic E-state index is 0.164. The number of amides is 1. The van der Waals surface area contributed by atoms with Crippen molar-refractivity contribution in [3.8, 4) is 22.8 Å². The van der Waals surface area contributed by atoms with Crippen LogP contribution in [0.25, 0.3) is 22.4 Å². The van der Waals surface area contributed by atoms with Crippen molar-refractivity contribution >= 4 is 17.0 Å². The molecule has 0 bridgehead atoms. The molecule has 0 atom stereocenters. The molecule has 4 rings (SSSR count). The molecule has 7 heteroatoms. The molecule has 7 nitrogen and oxygen atoms in total. The predicted octanol–water partition coefficient (Wildman–Crippen LogP) is 3.07. The molecule has 0 radical (unpaired) electrons. The van der Waals surface area contributed by atoms with E-state index in [1.807, 2.05) is 25.1 Å². The van der Waals surface area contributed by atoms with Gasteiger partial charge in [-0.2, -0.15) is 0 Å². The van der Waals surface area contributed by atoms with Crippen LogP contribution in [0.4, 0.5) is 0 Å². The van der Waals surface area contributed by atoms with Gasteiger partial charge in [-0.05, 0) is 37.6 Å². The fraction of sp³-hybridized carbons (Fsp3) is 0.278. The van der Waals surface area contributed by atoms with Crippen LogP contribution < -0.4 is 14.8 Å². The van der Waals surface area contributed by atoms with E-state index in [-0.39, 0.29) is 12.7 Å². The number of carbonyl (C=O) groups is 1. The Bertz CT molecular complexity index is 964. The largest absolute Gasteiger partial charge is 0.454 e. The van der Waals surface area contributed by atoms with Gasteiger partial charge in [-0.15, -0.1) is 0 Å². The highest BCUT2D eigenvalue weighted by atomic mass is 16.7. The second-order valence-corrected chi connectivity index (χ2v) is 5.83. The quantitative estimate of drug-likeness (QED) is 0.786. The molecule has 3 heterocycles. The first-order valence-corrected chi connectivity index (χ1v) is 8.12. The van der Waals surface area contributed by atoms with E-state index < -0.39 is 0 Å². The first kappa shape index (κ1) is 15.4. The lowest BCUT2D eigenvalue weighted by atomic mass is 10.0. The van der Waals surface area contributed by atoms with Crippen molar-refractivity contribution in [3.63, 3.8) is 0 Å². The number of ether oxygens (including phenoxy) is 2. The highest BCUT2D eigenvalue weighted by molar-refractivity contribution is 6.07. The molecular weight excluding hydrogens is 322 g/mol. The number of hydrogen-bond donors (Lipinski definition) is 1. The van der Waals surface area contributed by atoms with E-state index in [0.29, 0.717) is 46.1 Å². The van der Waals surface area contributed by atoms with E-state index in [2.05, 4.69) is 15.5 Å². The van der Waals surface area contributed by atoms with Gasteiger partial charge in [0.2, 0.25) is 6.79 Å². The summed E-state index contributed by atoms with van der Waals surface area (Å²) in [5.41, 5.74) is 2.91. The van der Waals surface area contributed by atoms with E-state index in [9.17, 15) is 4.79 Å². The van der Waals surface area contributed by atoms with Gasteiger partial charge in [0.1, 0.15) is 0 Å². The topological polar surface area (TPSA) is 86.5 Å². The summed E-state index contributed by atoms with van der Waals surface area (Å²) < 4.78 is 16.1. The van der Waals surface area contributed by atoms with Crippen LogP contribution in [0.5, 0.6) is 11.5 Å². The number of fused-ring (bicyclic) bond motifs is 2. The minimum Gasteiger partial charge on any atom is -0.454 e. The van der Waals surface area contributed by atoms with Gasteiger partial charge in [-0.25, -0.2) is 4.98 Å². The maximum atomic E-state index is 12.6. The molecule has 1 N–H and O–H groups in total. The molecule has 1 aliphatic heterocycles. The number of carbonyl (C=O) groups excluding carboxylic acids is 1. The van der Waals surface area contributed by atoms with Gasteiger partial charge >= 0.3 is 0 Å². The minimum atomic E-state index is -0.164. The molecule has 0 unspecified atom stereocenters. The third-order valence-corrected chi connectivity index (χ3v) is 4.07. The van der Waals surface area contributed by atoms with Crippen LogP contribution in [0.15, 0.2) is 28.8 Å². The summed E-state index contributed by atoms with van der Waals surface area (Å²) >= 11 is 0. The van der Waals surface area contributed by atoms with Crippen LogP contribution in [-0.2, 0) is 0 Å². The molecule has 1 aliphatic rings. The Labute approximate surface area is 143 Å². The maximum absolute atomic E-state index is 12.6. The zero-order chi connectivity index (χ0) is 17.4. The molecule has 128 valence electrons. The third-order valence-electron chi connectivity index (χ3n) is 4.07. The Morgan fingerprint density at radius 1 is 1.24 bits per heavy atom. The lowest BCUT2D eigenvalue weighted by Gasteiger charge is -2.08. The number of rotatable bonds is 4. The fourth-order valence-corrected chi connectivity index (χ4v) is 2.81. The lowest BCUT2D eigenvalue weighted by Crippen LogP contribution is -2.24. The summed E-state index contributed by atoms with van der Waals surface area (Å²) in [6, 6.07) is 7.30. The number of hydrogen-bond acceptors (Lipinski definition) is 6. The maximum Gasteiger partial charge on any atom is 0.259 e. The van der Waals surface area contributed by atoms with Gasteiger partial charge in [0.05, 0.1) is 22.3 Å². The van der Waals surface area contributed by atoms with E-state index in [0.717, 1.165) is 12.0 Å². The van der Waals surface area contributed by atoms with Gasteiger partial charge in [0.25, 0.3) is 11.6 Å². The van der Waals surface area contributed by atoms with Crippen molar-refractivity contribution in [1.29, 1.82) is 0 Å². The van der Waals surface area contributed by atoms with E-state index in [1.54, 1.807) is 13.0 Å². The number of aromatic nitrogens is 2. The van der Waals surface area contributed by atoms with Crippen molar-refractivity contribution < 1.29 is 18.8 Å². The fourth-order valence-electron chi connectivity index (χ4n) is 2.81. The molecular formula is C18H17N3O4. The number of aryl methyl sites for hydroxylation is 1. The normalized spacial score (nSPS) is 12.6. The zero-order valence-electron chi connectivity index (χ0n) is 14.0. The number of benzene rings is 1. The highest BCUT2D eigenvalue weighted by Gasteiger charge is 2.20. The van der Waals surface area contributed by atoms with Gasteiger partial charge in [-0.3, -0.25) is 4.79 Å². The summed E-state index contributed by atoms with van der Waals surface area (Å²) in [7, 11) is 0. The van der Waals surface area contributed by atoms with Gasteiger partial charge in [-0.1, -0.05) is 12.1 Å². The summed E-state index contributed by atoms with van der Waals surface area (Å²) in [6.45, 7) is 4.61. The average Bonchev–Trinajstić information content (AvgIpc) is 3.25. The van der Waals surface area contributed by atoms with Crippen LogP contribution in [0.1, 0.15) is 29.4 Å². The van der Waals surface area contributed by atoms with Crippen molar-refractivity contribution in [2.24, 2.45) is 0 Å². The first-order chi connectivity index (χ1) is 12.2. The average molecular weight is 339 g/mol. The number of nitrogens with one attached hydrogen (secondary N) is 1. The SMILES string of the molecule is CCCNC(=O)c1cc(-c2ccc3c(c2)OCO3)nc2onc(C)c12. The van der Waals surface area contributed by atoms with Crippen molar-refractivity contribution in [3.05, 3.63) is 35.5 Å². The molecule has 0 saturated heterocycles. The van der Waals surface area contributed by atoms with Crippen LogP contribution in [0, 0.1) is 6.92 Å². The van der Waals surface area contributed by atoms with Gasteiger partial charge < -0.3 is 19.3 Å².